The Balaban J connectivity index is 2.43. The smallest absolute Gasteiger partial charge is 0.262 e. The third-order valence-electron chi connectivity index (χ3n) is 2.63. The number of halogens is 2. The molecule has 0 radical (unpaired) electrons. The van der Waals surface area contributed by atoms with Crippen molar-refractivity contribution in [2.45, 2.75) is 4.90 Å². The van der Waals surface area contributed by atoms with Crippen molar-refractivity contribution in [2.75, 3.05) is 4.72 Å². The highest BCUT2D eigenvalue weighted by molar-refractivity contribution is 7.92. The zero-order chi connectivity index (χ0) is 15.6. The van der Waals surface area contributed by atoms with Crippen LogP contribution in [0.3, 0.4) is 0 Å². The lowest BCUT2D eigenvalue weighted by Gasteiger charge is -2.10. The second-order valence-electron chi connectivity index (χ2n) is 4.09. The Labute approximate surface area is 125 Å². The van der Waals surface area contributed by atoms with Gasteiger partial charge in [0.2, 0.25) is 0 Å². The maximum Gasteiger partial charge on any atom is 0.262 e. The van der Waals surface area contributed by atoms with Gasteiger partial charge in [-0.15, -0.1) is 0 Å². The fourth-order valence-electron chi connectivity index (χ4n) is 1.61. The first-order chi connectivity index (χ1) is 9.81. The van der Waals surface area contributed by atoms with Gasteiger partial charge in [0.15, 0.2) is 0 Å². The van der Waals surface area contributed by atoms with Crippen molar-refractivity contribution in [1.29, 1.82) is 0 Å². The van der Waals surface area contributed by atoms with Gasteiger partial charge in [0.1, 0.15) is 16.6 Å². The first kappa shape index (κ1) is 15.3. The van der Waals surface area contributed by atoms with Gasteiger partial charge in [0, 0.05) is 5.56 Å². The Kier molecular flexibility index (Phi) is 4.19. The summed E-state index contributed by atoms with van der Waals surface area (Å²) in [6.45, 7) is 0. The highest BCUT2D eigenvalue weighted by Gasteiger charge is 2.18. The van der Waals surface area contributed by atoms with Gasteiger partial charge >= 0.3 is 0 Å². The van der Waals surface area contributed by atoms with Crippen LogP contribution < -0.4 is 10.5 Å². The molecule has 2 aromatic carbocycles. The van der Waals surface area contributed by atoms with Crippen molar-refractivity contribution in [3.8, 4) is 0 Å². The number of rotatable bonds is 4. The Morgan fingerprint density at radius 2 is 1.76 bits per heavy atom. The molecule has 0 aliphatic rings. The molecule has 0 aliphatic carbocycles. The average Bonchev–Trinajstić information content (AvgIpc) is 2.41. The fraction of sp³-hybridized carbons (Fsp3) is 0. The summed E-state index contributed by atoms with van der Waals surface area (Å²) in [4.78, 5) is -0.537. The minimum atomic E-state index is -4.08. The molecule has 2 aromatic rings. The molecule has 110 valence electrons. The summed E-state index contributed by atoms with van der Waals surface area (Å²) < 4.78 is 53.3. The maximum atomic E-state index is 13.5. The molecule has 0 atom stereocenters. The summed E-state index contributed by atoms with van der Waals surface area (Å²) in [7, 11) is -4.08. The Hall–Kier alpha value is -2.06. The van der Waals surface area contributed by atoms with Gasteiger partial charge < -0.3 is 5.73 Å². The lowest BCUT2D eigenvalue weighted by Crippen LogP contribution is -2.17. The van der Waals surface area contributed by atoms with E-state index in [4.69, 9.17) is 5.73 Å². The molecule has 0 spiro atoms. The molecule has 0 amide bonds. The molecule has 0 saturated carbocycles. The van der Waals surface area contributed by atoms with Gasteiger partial charge in [-0.2, -0.15) is 0 Å². The van der Waals surface area contributed by atoms with Crippen LogP contribution in [0.2, 0.25) is 0 Å². The van der Waals surface area contributed by atoms with Gasteiger partial charge in [0.25, 0.3) is 10.0 Å². The summed E-state index contributed by atoms with van der Waals surface area (Å²) in [5, 5.41) is 0. The van der Waals surface area contributed by atoms with Crippen molar-refractivity contribution in [3.05, 3.63) is 59.7 Å². The Morgan fingerprint density at radius 1 is 1.10 bits per heavy atom. The second-order valence-corrected chi connectivity index (χ2v) is 6.21. The van der Waals surface area contributed by atoms with E-state index in [0.29, 0.717) is 0 Å². The number of nitrogens with two attached hydrogens (primary N) is 1. The lowest BCUT2D eigenvalue weighted by atomic mass is 10.2. The van der Waals surface area contributed by atoms with Gasteiger partial charge in [-0.25, -0.2) is 17.2 Å². The van der Waals surface area contributed by atoms with E-state index in [-0.39, 0.29) is 21.1 Å². The number of hydrogen-bond donors (Lipinski definition) is 2. The molecular weight excluding hydrogens is 318 g/mol. The topological polar surface area (TPSA) is 72.2 Å². The molecule has 0 fully saturated rings. The van der Waals surface area contributed by atoms with Crippen LogP contribution in [0.15, 0.2) is 47.4 Å². The Morgan fingerprint density at radius 3 is 2.38 bits per heavy atom. The van der Waals surface area contributed by atoms with E-state index < -0.39 is 21.7 Å². The highest BCUT2D eigenvalue weighted by Crippen LogP contribution is 2.20. The van der Waals surface area contributed by atoms with E-state index in [1.54, 1.807) is 0 Å². The summed E-state index contributed by atoms with van der Waals surface area (Å²) in [6.07, 6.45) is 0. The zero-order valence-corrected chi connectivity index (χ0v) is 12.1. The molecule has 0 aliphatic heterocycles. The average molecular weight is 328 g/mol. The summed E-state index contributed by atoms with van der Waals surface area (Å²) >= 11 is 4.65. The van der Waals surface area contributed by atoms with Gasteiger partial charge in [-0.3, -0.25) is 4.72 Å². The van der Waals surface area contributed by atoms with E-state index in [2.05, 4.69) is 16.9 Å². The van der Waals surface area contributed by atoms with Crippen LogP contribution in [-0.2, 0) is 10.0 Å². The molecule has 0 saturated heterocycles. The van der Waals surface area contributed by atoms with Crippen LogP contribution in [-0.4, -0.2) is 13.4 Å². The van der Waals surface area contributed by atoms with Crippen LogP contribution in [0.1, 0.15) is 5.56 Å². The second kappa shape index (κ2) is 5.74. The molecule has 4 nitrogen and oxygen atoms in total. The highest BCUT2D eigenvalue weighted by atomic mass is 32.2. The summed E-state index contributed by atoms with van der Waals surface area (Å²) in [5.74, 6) is -1.45. The summed E-state index contributed by atoms with van der Waals surface area (Å²) in [5.41, 5.74) is 4.92. The monoisotopic (exact) mass is 328 g/mol. The van der Waals surface area contributed by atoms with E-state index in [1.807, 2.05) is 0 Å². The maximum absolute atomic E-state index is 13.5. The van der Waals surface area contributed by atoms with E-state index in [0.717, 1.165) is 24.3 Å². The standard InChI is InChI=1S/C13H10F2N2O2S2/c14-10-6-5-8(7-9(10)13(16)20)21(18,19)17-12-4-2-1-3-11(12)15/h1-7,17H,(H2,16,20). The Bertz CT molecular complexity index is 808. The lowest BCUT2D eigenvalue weighted by molar-refractivity contribution is 0.597. The molecule has 3 N–H and O–H groups in total. The number of hydrogen-bond acceptors (Lipinski definition) is 3. The largest absolute Gasteiger partial charge is 0.389 e. The fourth-order valence-corrected chi connectivity index (χ4v) is 2.86. The molecule has 0 heterocycles. The number of para-hydroxylation sites is 1. The predicted octanol–water partition coefficient (Wildman–Crippen LogP) is 2.40. The van der Waals surface area contributed by atoms with Crippen LogP contribution in [0.25, 0.3) is 0 Å². The molecule has 21 heavy (non-hydrogen) atoms. The molecule has 0 aromatic heterocycles. The van der Waals surface area contributed by atoms with Gasteiger partial charge in [-0.05, 0) is 30.3 Å². The van der Waals surface area contributed by atoms with Crippen molar-refractivity contribution in [1.82, 2.24) is 0 Å². The first-order valence-corrected chi connectivity index (χ1v) is 7.57. The number of anilines is 1. The number of sulfonamides is 1. The van der Waals surface area contributed by atoms with Crippen LogP contribution in [0, 0.1) is 11.6 Å². The third-order valence-corrected chi connectivity index (χ3v) is 4.21. The van der Waals surface area contributed by atoms with Crippen molar-refractivity contribution >= 4 is 32.9 Å². The minimum absolute atomic E-state index is 0.193. The van der Waals surface area contributed by atoms with E-state index in [1.165, 1.54) is 18.2 Å². The molecule has 2 rings (SSSR count). The van der Waals surface area contributed by atoms with E-state index in [9.17, 15) is 17.2 Å². The number of thiocarbonyl (C=S) groups is 1. The van der Waals surface area contributed by atoms with Gasteiger partial charge in [0.05, 0.1) is 10.6 Å². The third kappa shape index (κ3) is 3.34. The predicted molar refractivity (Wildman–Crippen MR) is 79.5 cm³/mol. The quantitative estimate of drug-likeness (QED) is 0.846. The zero-order valence-electron chi connectivity index (χ0n) is 10.5. The summed E-state index contributed by atoms with van der Waals surface area (Å²) in [6, 6.07) is 8.27. The van der Waals surface area contributed by atoms with Crippen molar-refractivity contribution in [3.63, 3.8) is 0 Å². The molecule has 8 heteroatoms. The SMILES string of the molecule is NC(=S)c1cc(S(=O)(=O)Nc2ccccc2F)ccc1F. The molecular formula is C13H10F2N2O2S2. The number of benzene rings is 2. The van der Waals surface area contributed by atoms with Crippen LogP contribution in [0.4, 0.5) is 14.5 Å². The molecule has 0 bridgehead atoms. The minimum Gasteiger partial charge on any atom is -0.389 e. The van der Waals surface area contributed by atoms with Crippen LogP contribution >= 0.6 is 12.2 Å². The normalized spacial score (nSPS) is 11.1. The van der Waals surface area contributed by atoms with Crippen molar-refractivity contribution < 1.29 is 17.2 Å². The number of nitrogens with one attached hydrogen (secondary N) is 1. The van der Waals surface area contributed by atoms with Gasteiger partial charge in [-0.1, -0.05) is 24.4 Å². The van der Waals surface area contributed by atoms with Crippen molar-refractivity contribution in [2.24, 2.45) is 5.73 Å². The molecule has 0 unspecified atom stereocenters. The van der Waals surface area contributed by atoms with E-state index >= 15 is 0 Å². The van der Waals surface area contributed by atoms with Crippen LogP contribution in [0.5, 0.6) is 0 Å². The first-order valence-electron chi connectivity index (χ1n) is 5.68.